The number of aromatic nitrogens is 5. The molecule has 0 unspecified atom stereocenters. The van der Waals surface area contributed by atoms with Gasteiger partial charge in [-0.15, -0.1) is 10.2 Å². The third-order valence-electron chi connectivity index (χ3n) is 4.99. The Labute approximate surface area is 185 Å². The minimum absolute atomic E-state index is 0.124. The molecule has 1 atom stereocenters. The number of halogens is 1. The van der Waals surface area contributed by atoms with Crippen LogP contribution in [-0.2, 0) is 0 Å². The van der Waals surface area contributed by atoms with Gasteiger partial charge in [-0.1, -0.05) is 12.1 Å². The summed E-state index contributed by atoms with van der Waals surface area (Å²) in [5.41, 5.74) is 3.70. The Hall–Kier alpha value is -4.01. The first-order chi connectivity index (χ1) is 15.5. The molecule has 3 heterocycles. The highest BCUT2D eigenvalue weighted by Crippen LogP contribution is 2.31. The van der Waals surface area contributed by atoms with Crippen LogP contribution in [0.4, 0.5) is 10.2 Å². The zero-order valence-corrected chi connectivity index (χ0v) is 18.2. The molecule has 32 heavy (non-hydrogen) atoms. The molecule has 0 radical (unpaired) electrons. The van der Waals surface area contributed by atoms with Gasteiger partial charge in [0.05, 0.1) is 38.0 Å². The van der Waals surface area contributed by atoms with E-state index in [-0.39, 0.29) is 11.9 Å². The quantitative estimate of drug-likeness (QED) is 0.462. The molecule has 0 aliphatic rings. The summed E-state index contributed by atoms with van der Waals surface area (Å²) >= 11 is 0. The Morgan fingerprint density at radius 1 is 1.00 bits per heavy atom. The molecule has 0 saturated heterocycles. The molecule has 4 aromatic rings. The van der Waals surface area contributed by atoms with Crippen molar-refractivity contribution in [1.29, 1.82) is 0 Å². The number of methoxy groups -OCH3 is 2. The SMILES string of the molecule is COc1cc(-c2ccc(-n3cnc(C)c3)c(OC)n2)nnc1N[C@@H](C)c1ccc(F)cc1. The van der Waals surface area contributed by atoms with E-state index in [4.69, 9.17) is 9.47 Å². The van der Waals surface area contributed by atoms with Crippen LogP contribution < -0.4 is 14.8 Å². The summed E-state index contributed by atoms with van der Waals surface area (Å²) in [6, 6.07) is 11.7. The number of pyridine rings is 1. The maximum atomic E-state index is 13.2. The zero-order valence-electron chi connectivity index (χ0n) is 18.2. The van der Waals surface area contributed by atoms with E-state index in [2.05, 4.69) is 25.5 Å². The molecule has 0 spiro atoms. The summed E-state index contributed by atoms with van der Waals surface area (Å²) in [6.07, 6.45) is 3.60. The van der Waals surface area contributed by atoms with Crippen LogP contribution >= 0.6 is 0 Å². The largest absolute Gasteiger partial charge is 0.493 e. The molecule has 4 rings (SSSR count). The molecule has 0 amide bonds. The number of anilines is 1. The van der Waals surface area contributed by atoms with E-state index in [0.717, 1.165) is 16.9 Å². The lowest BCUT2D eigenvalue weighted by Crippen LogP contribution is -2.10. The standard InChI is InChI=1S/C23H23FN6O2/c1-14-12-30(13-25-14)20-10-9-18(27-23(20)32-4)19-11-21(31-3)22(29-28-19)26-15(2)16-5-7-17(24)8-6-16/h5-13,15H,1-4H3,(H,26,29)/t15-/m0/s1. The van der Waals surface area contributed by atoms with Crippen molar-refractivity contribution in [3.63, 3.8) is 0 Å². The summed E-state index contributed by atoms with van der Waals surface area (Å²) in [6.45, 7) is 3.87. The van der Waals surface area contributed by atoms with Gasteiger partial charge < -0.3 is 19.4 Å². The molecule has 8 nitrogen and oxygen atoms in total. The predicted octanol–water partition coefficient (Wildman–Crippen LogP) is 4.36. The smallest absolute Gasteiger partial charge is 0.238 e. The number of hydrogen-bond donors (Lipinski definition) is 1. The molecule has 9 heteroatoms. The fraction of sp³-hybridized carbons (Fsp3) is 0.217. The first-order valence-electron chi connectivity index (χ1n) is 9.98. The van der Waals surface area contributed by atoms with Gasteiger partial charge >= 0.3 is 0 Å². The number of aryl methyl sites for hydroxylation is 1. The summed E-state index contributed by atoms with van der Waals surface area (Å²) in [4.78, 5) is 8.83. The fourth-order valence-electron chi connectivity index (χ4n) is 3.27. The Kier molecular flexibility index (Phi) is 5.98. The summed E-state index contributed by atoms with van der Waals surface area (Å²) < 4.78 is 26.0. The minimum atomic E-state index is -0.278. The fourth-order valence-corrected chi connectivity index (χ4v) is 3.27. The second-order valence-corrected chi connectivity index (χ2v) is 7.21. The number of benzene rings is 1. The van der Waals surface area contributed by atoms with Crippen molar-refractivity contribution in [2.45, 2.75) is 19.9 Å². The second-order valence-electron chi connectivity index (χ2n) is 7.21. The number of nitrogens with one attached hydrogen (secondary N) is 1. The Morgan fingerprint density at radius 2 is 1.78 bits per heavy atom. The van der Waals surface area contributed by atoms with Crippen LogP contribution in [-0.4, -0.2) is 39.0 Å². The molecule has 164 valence electrons. The highest BCUT2D eigenvalue weighted by molar-refractivity contribution is 5.63. The van der Waals surface area contributed by atoms with E-state index in [1.54, 1.807) is 38.7 Å². The Morgan fingerprint density at radius 3 is 2.44 bits per heavy atom. The molecule has 1 aromatic carbocycles. The summed E-state index contributed by atoms with van der Waals surface area (Å²) in [7, 11) is 3.13. The van der Waals surface area contributed by atoms with E-state index < -0.39 is 0 Å². The van der Waals surface area contributed by atoms with Crippen LogP contribution in [0, 0.1) is 12.7 Å². The van der Waals surface area contributed by atoms with Crippen LogP contribution in [0.2, 0.25) is 0 Å². The van der Waals surface area contributed by atoms with Crippen LogP contribution in [0.1, 0.15) is 24.2 Å². The molecule has 0 bridgehead atoms. The van der Waals surface area contributed by atoms with Gasteiger partial charge in [0.2, 0.25) is 5.88 Å². The van der Waals surface area contributed by atoms with Gasteiger partial charge in [0.25, 0.3) is 0 Å². The van der Waals surface area contributed by atoms with Gasteiger partial charge in [0.1, 0.15) is 17.2 Å². The lowest BCUT2D eigenvalue weighted by atomic mass is 10.1. The van der Waals surface area contributed by atoms with Gasteiger partial charge in [-0.2, -0.15) is 0 Å². The number of ether oxygens (including phenoxy) is 2. The summed E-state index contributed by atoms with van der Waals surface area (Å²) in [5.74, 6) is 1.15. The van der Waals surface area contributed by atoms with Crippen molar-refractivity contribution in [3.8, 4) is 28.7 Å². The van der Waals surface area contributed by atoms with Crippen LogP contribution in [0.25, 0.3) is 17.1 Å². The Bertz CT molecular complexity index is 1230. The third kappa shape index (κ3) is 4.36. The van der Waals surface area contributed by atoms with Crippen molar-refractivity contribution in [2.75, 3.05) is 19.5 Å². The van der Waals surface area contributed by atoms with Gasteiger partial charge in [-0.25, -0.2) is 14.4 Å². The lowest BCUT2D eigenvalue weighted by Gasteiger charge is -2.17. The van der Waals surface area contributed by atoms with E-state index in [1.807, 2.05) is 36.7 Å². The first-order valence-corrected chi connectivity index (χ1v) is 9.98. The van der Waals surface area contributed by atoms with Gasteiger partial charge in [-0.05, 0) is 43.7 Å². The molecule has 3 aromatic heterocycles. The van der Waals surface area contributed by atoms with E-state index in [1.165, 1.54) is 12.1 Å². The maximum Gasteiger partial charge on any atom is 0.238 e. The number of rotatable bonds is 7. The number of nitrogens with zero attached hydrogens (tertiary/aromatic N) is 5. The molecule has 0 fully saturated rings. The minimum Gasteiger partial charge on any atom is -0.493 e. The van der Waals surface area contributed by atoms with Crippen LogP contribution in [0.3, 0.4) is 0 Å². The first kappa shape index (κ1) is 21.2. The average Bonchev–Trinajstić information content (AvgIpc) is 3.25. The van der Waals surface area contributed by atoms with Gasteiger partial charge in [0, 0.05) is 12.3 Å². The molecule has 1 N–H and O–H groups in total. The molecular formula is C23H23FN6O2. The van der Waals surface area contributed by atoms with Gasteiger partial charge in [-0.3, -0.25) is 0 Å². The average molecular weight is 434 g/mol. The van der Waals surface area contributed by atoms with Gasteiger partial charge in [0.15, 0.2) is 11.6 Å². The highest BCUT2D eigenvalue weighted by atomic mass is 19.1. The van der Waals surface area contributed by atoms with E-state index in [0.29, 0.717) is 28.8 Å². The van der Waals surface area contributed by atoms with Crippen molar-refractivity contribution in [3.05, 3.63) is 72.1 Å². The van der Waals surface area contributed by atoms with Crippen molar-refractivity contribution in [2.24, 2.45) is 0 Å². The normalized spacial score (nSPS) is 11.8. The number of hydrogen-bond acceptors (Lipinski definition) is 7. The maximum absolute atomic E-state index is 13.2. The predicted molar refractivity (Wildman–Crippen MR) is 119 cm³/mol. The molecule has 0 aliphatic carbocycles. The zero-order chi connectivity index (χ0) is 22.7. The van der Waals surface area contributed by atoms with Crippen molar-refractivity contribution < 1.29 is 13.9 Å². The molecular weight excluding hydrogens is 411 g/mol. The van der Waals surface area contributed by atoms with Crippen LogP contribution in [0.5, 0.6) is 11.6 Å². The second kappa shape index (κ2) is 9.01. The van der Waals surface area contributed by atoms with E-state index in [9.17, 15) is 4.39 Å². The monoisotopic (exact) mass is 434 g/mol. The van der Waals surface area contributed by atoms with Crippen molar-refractivity contribution >= 4 is 5.82 Å². The molecule has 0 saturated carbocycles. The topological polar surface area (TPSA) is 87.0 Å². The summed E-state index contributed by atoms with van der Waals surface area (Å²) in [5, 5.41) is 11.9. The third-order valence-corrected chi connectivity index (χ3v) is 4.99. The van der Waals surface area contributed by atoms with Crippen LogP contribution in [0.15, 0.2) is 55.0 Å². The van der Waals surface area contributed by atoms with E-state index >= 15 is 0 Å². The molecule has 0 aliphatic heterocycles. The lowest BCUT2D eigenvalue weighted by molar-refractivity contribution is 0.396. The Balaban J connectivity index is 1.61. The number of imidazole rings is 1. The van der Waals surface area contributed by atoms with Crippen molar-refractivity contribution in [1.82, 2.24) is 24.7 Å². The highest BCUT2D eigenvalue weighted by Gasteiger charge is 2.16.